The summed E-state index contributed by atoms with van der Waals surface area (Å²) in [6.45, 7) is 1.93. The number of methoxy groups -OCH3 is 1. The Morgan fingerprint density at radius 3 is 2.26 bits per heavy atom. The van der Waals surface area contributed by atoms with Crippen LogP contribution in [-0.2, 0) is 10.0 Å². The van der Waals surface area contributed by atoms with E-state index in [9.17, 15) is 8.42 Å². The summed E-state index contributed by atoms with van der Waals surface area (Å²) in [5.41, 5.74) is 3.44. The Balaban J connectivity index is 2.00. The van der Waals surface area contributed by atoms with Crippen LogP contribution in [0.4, 0.5) is 0 Å². The first kappa shape index (κ1) is 17.4. The second kappa shape index (κ2) is 6.59. The van der Waals surface area contributed by atoms with Crippen molar-refractivity contribution in [1.29, 1.82) is 0 Å². The minimum atomic E-state index is -3.71. The first-order valence-electron chi connectivity index (χ1n) is 8.57. The van der Waals surface area contributed by atoms with Gasteiger partial charge in [0.2, 0.25) is 0 Å². The topological polar surface area (TPSA) is 48.3 Å². The molecule has 0 aliphatic heterocycles. The number of aryl methyl sites for hydroxylation is 1. The molecule has 1 heterocycles. The molecule has 4 nitrogen and oxygen atoms in total. The Morgan fingerprint density at radius 1 is 0.889 bits per heavy atom. The molecule has 0 amide bonds. The lowest BCUT2D eigenvalue weighted by Gasteiger charge is -2.08. The molecule has 0 aliphatic carbocycles. The quantitative estimate of drug-likeness (QED) is 0.510. The molecule has 4 aromatic rings. The lowest BCUT2D eigenvalue weighted by molar-refractivity contribution is 0.415. The van der Waals surface area contributed by atoms with E-state index in [1.807, 2.05) is 43.3 Å². The molecular weight excluding hydrogens is 358 g/mol. The molecule has 5 heteroatoms. The molecule has 136 valence electrons. The Morgan fingerprint density at radius 2 is 1.59 bits per heavy atom. The largest absolute Gasteiger partial charge is 0.497 e. The fourth-order valence-electron chi connectivity index (χ4n) is 3.18. The predicted molar refractivity (Wildman–Crippen MR) is 108 cm³/mol. The Hall–Kier alpha value is -3.05. The standard InChI is InChI=1S/C22H19NO3S/c1-16-8-11-19(12-9-16)27(24,25)23-15-21(17-6-4-3-5-7-17)20-14-18(26-2)10-13-22(20)23/h3-15H,1-2H3. The molecule has 27 heavy (non-hydrogen) atoms. The van der Waals surface area contributed by atoms with Gasteiger partial charge in [-0.2, -0.15) is 0 Å². The first-order chi connectivity index (χ1) is 13.0. The zero-order valence-corrected chi connectivity index (χ0v) is 15.9. The number of nitrogens with zero attached hydrogens (tertiary/aromatic N) is 1. The van der Waals surface area contributed by atoms with E-state index < -0.39 is 10.0 Å². The molecule has 0 bridgehead atoms. The molecule has 0 aliphatic rings. The fourth-order valence-corrected chi connectivity index (χ4v) is 4.55. The Kier molecular flexibility index (Phi) is 4.24. The van der Waals surface area contributed by atoms with Gasteiger partial charge in [-0.25, -0.2) is 12.4 Å². The molecule has 0 atom stereocenters. The molecule has 0 N–H and O–H groups in total. The molecule has 3 aromatic carbocycles. The van der Waals surface area contributed by atoms with Crippen molar-refractivity contribution in [1.82, 2.24) is 3.97 Å². The highest BCUT2D eigenvalue weighted by Crippen LogP contribution is 2.35. The maximum atomic E-state index is 13.3. The van der Waals surface area contributed by atoms with E-state index in [4.69, 9.17) is 4.74 Å². The maximum absolute atomic E-state index is 13.3. The van der Waals surface area contributed by atoms with Crippen LogP contribution < -0.4 is 4.74 Å². The third kappa shape index (κ3) is 3.00. The zero-order valence-electron chi connectivity index (χ0n) is 15.1. The van der Waals surface area contributed by atoms with Crippen molar-refractivity contribution in [2.75, 3.05) is 7.11 Å². The highest BCUT2D eigenvalue weighted by molar-refractivity contribution is 7.90. The molecule has 0 radical (unpaired) electrons. The van der Waals surface area contributed by atoms with Gasteiger partial charge in [0.25, 0.3) is 10.0 Å². The molecule has 0 unspecified atom stereocenters. The highest BCUT2D eigenvalue weighted by Gasteiger charge is 2.22. The zero-order chi connectivity index (χ0) is 19.0. The first-order valence-corrected chi connectivity index (χ1v) is 10.0. The molecule has 0 saturated carbocycles. The van der Waals surface area contributed by atoms with E-state index in [0.717, 1.165) is 22.1 Å². The van der Waals surface area contributed by atoms with Gasteiger partial charge in [0.1, 0.15) is 5.75 Å². The summed E-state index contributed by atoms with van der Waals surface area (Å²) in [5, 5.41) is 0.830. The van der Waals surface area contributed by atoms with E-state index >= 15 is 0 Å². The minimum absolute atomic E-state index is 0.264. The second-order valence-corrected chi connectivity index (χ2v) is 8.22. The average Bonchev–Trinajstić information content (AvgIpc) is 3.08. The second-order valence-electron chi connectivity index (χ2n) is 6.41. The third-order valence-electron chi connectivity index (χ3n) is 4.64. The lowest BCUT2D eigenvalue weighted by atomic mass is 10.0. The number of ether oxygens (including phenoxy) is 1. The van der Waals surface area contributed by atoms with Crippen LogP contribution >= 0.6 is 0 Å². The molecule has 1 aromatic heterocycles. The van der Waals surface area contributed by atoms with Crippen molar-refractivity contribution in [2.24, 2.45) is 0 Å². The van der Waals surface area contributed by atoms with Crippen molar-refractivity contribution >= 4 is 20.9 Å². The van der Waals surface area contributed by atoms with Gasteiger partial charge in [-0.05, 0) is 42.8 Å². The van der Waals surface area contributed by atoms with E-state index in [0.29, 0.717) is 11.3 Å². The van der Waals surface area contributed by atoms with E-state index in [1.165, 1.54) is 3.97 Å². The molecular formula is C22H19NO3S. The normalized spacial score (nSPS) is 11.6. The van der Waals surface area contributed by atoms with Crippen LogP contribution in [0.3, 0.4) is 0 Å². The Labute approximate surface area is 158 Å². The van der Waals surface area contributed by atoms with Gasteiger partial charge in [-0.1, -0.05) is 48.0 Å². The van der Waals surface area contributed by atoms with Crippen LogP contribution in [0.2, 0.25) is 0 Å². The SMILES string of the molecule is COc1ccc2c(c1)c(-c1ccccc1)cn2S(=O)(=O)c1ccc(C)cc1. The summed E-state index contributed by atoms with van der Waals surface area (Å²) in [7, 11) is -2.11. The van der Waals surface area contributed by atoms with Gasteiger partial charge in [-0.15, -0.1) is 0 Å². The monoisotopic (exact) mass is 377 g/mol. The van der Waals surface area contributed by atoms with E-state index in [1.54, 1.807) is 49.7 Å². The van der Waals surface area contributed by atoms with Crippen LogP contribution in [-0.4, -0.2) is 19.5 Å². The molecule has 0 spiro atoms. The van der Waals surface area contributed by atoms with Gasteiger partial charge in [0.05, 0.1) is 17.5 Å². The van der Waals surface area contributed by atoms with Crippen molar-refractivity contribution in [3.63, 3.8) is 0 Å². The Bertz CT molecular complexity index is 1210. The van der Waals surface area contributed by atoms with Gasteiger partial charge >= 0.3 is 0 Å². The van der Waals surface area contributed by atoms with Crippen molar-refractivity contribution in [3.05, 3.63) is 84.6 Å². The number of hydrogen-bond donors (Lipinski definition) is 0. The number of aromatic nitrogens is 1. The smallest absolute Gasteiger partial charge is 0.268 e. The predicted octanol–water partition coefficient (Wildman–Crippen LogP) is 4.86. The van der Waals surface area contributed by atoms with Crippen LogP contribution in [0.1, 0.15) is 5.56 Å². The van der Waals surface area contributed by atoms with Gasteiger partial charge < -0.3 is 4.74 Å². The molecule has 0 fully saturated rings. The molecule has 0 saturated heterocycles. The van der Waals surface area contributed by atoms with Crippen molar-refractivity contribution in [2.45, 2.75) is 11.8 Å². The van der Waals surface area contributed by atoms with Gasteiger partial charge in [0, 0.05) is 17.1 Å². The van der Waals surface area contributed by atoms with E-state index in [2.05, 4.69) is 0 Å². The summed E-state index contributed by atoms with van der Waals surface area (Å²) in [6.07, 6.45) is 1.69. The van der Waals surface area contributed by atoms with E-state index in [-0.39, 0.29) is 4.90 Å². The molecule has 4 rings (SSSR count). The summed E-state index contributed by atoms with van der Waals surface area (Å²) in [5.74, 6) is 0.685. The fraction of sp³-hybridized carbons (Fsp3) is 0.0909. The highest BCUT2D eigenvalue weighted by atomic mass is 32.2. The minimum Gasteiger partial charge on any atom is -0.497 e. The van der Waals surface area contributed by atoms with Crippen LogP contribution in [0, 0.1) is 6.92 Å². The van der Waals surface area contributed by atoms with Crippen molar-refractivity contribution in [3.8, 4) is 16.9 Å². The third-order valence-corrected chi connectivity index (χ3v) is 6.33. The number of fused-ring (bicyclic) bond motifs is 1. The van der Waals surface area contributed by atoms with Crippen molar-refractivity contribution < 1.29 is 13.2 Å². The summed E-state index contributed by atoms with van der Waals surface area (Å²) < 4.78 is 33.3. The number of hydrogen-bond acceptors (Lipinski definition) is 3. The number of rotatable bonds is 4. The van der Waals surface area contributed by atoms with Gasteiger partial charge in [0.15, 0.2) is 0 Å². The summed E-state index contributed by atoms with van der Waals surface area (Å²) >= 11 is 0. The maximum Gasteiger partial charge on any atom is 0.268 e. The number of benzene rings is 3. The van der Waals surface area contributed by atoms with Crippen LogP contribution in [0.15, 0.2) is 83.9 Å². The van der Waals surface area contributed by atoms with Crippen LogP contribution in [0.5, 0.6) is 5.75 Å². The summed E-state index contributed by atoms with van der Waals surface area (Å²) in [6, 6.07) is 22.1. The van der Waals surface area contributed by atoms with Crippen LogP contribution in [0.25, 0.3) is 22.0 Å². The summed E-state index contributed by atoms with van der Waals surface area (Å²) in [4.78, 5) is 0.264. The lowest BCUT2D eigenvalue weighted by Crippen LogP contribution is -2.11. The van der Waals surface area contributed by atoms with Gasteiger partial charge in [-0.3, -0.25) is 0 Å². The average molecular weight is 377 g/mol.